The molecule has 0 aliphatic rings. The van der Waals surface area contributed by atoms with Crippen molar-refractivity contribution in [3.8, 4) is 0 Å². The molecule has 2 aromatic heterocycles. The van der Waals surface area contributed by atoms with Gasteiger partial charge in [-0.3, -0.25) is 10.1 Å². The van der Waals surface area contributed by atoms with Crippen LogP contribution in [0.1, 0.15) is 33.7 Å². The molecule has 21 heavy (non-hydrogen) atoms. The molecule has 0 fully saturated rings. The van der Waals surface area contributed by atoms with Crippen molar-refractivity contribution in [3.05, 3.63) is 34.1 Å². The third kappa shape index (κ3) is 3.54. The molecule has 2 rings (SSSR count). The molecule has 0 unspecified atom stereocenters. The van der Waals surface area contributed by atoms with Crippen molar-refractivity contribution in [3.63, 3.8) is 0 Å². The van der Waals surface area contributed by atoms with Gasteiger partial charge in [-0.05, 0) is 25.5 Å². The third-order valence-corrected chi connectivity index (χ3v) is 3.59. The van der Waals surface area contributed by atoms with Gasteiger partial charge < -0.3 is 0 Å². The zero-order chi connectivity index (χ0) is 15.6. The Morgan fingerprint density at radius 3 is 2.57 bits per heavy atom. The van der Waals surface area contributed by atoms with Gasteiger partial charge in [0.2, 0.25) is 5.13 Å². The van der Waals surface area contributed by atoms with Gasteiger partial charge in [0.25, 0.3) is 5.91 Å². The number of nitrogens with one attached hydrogen (secondary N) is 1. The molecule has 1 amide bonds. The van der Waals surface area contributed by atoms with Crippen molar-refractivity contribution < 1.29 is 18.0 Å². The highest BCUT2D eigenvalue weighted by molar-refractivity contribution is 7.15. The number of amides is 1. The van der Waals surface area contributed by atoms with Crippen LogP contribution in [0.15, 0.2) is 12.1 Å². The average molecular weight is 316 g/mol. The number of rotatable bonds is 3. The lowest BCUT2D eigenvalue weighted by molar-refractivity contribution is -0.141. The molecule has 0 aliphatic carbocycles. The highest BCUT2D eigenvalue weighted by Crippen LogP contribution is 2.28. The standard InChI is InChI=1S/C12H11F3N4OS/c1-3-9-18-19-11(21-9)17-10(20)7-4-5-8(12(13,14)15)16-6(7)2/h4-5H,3H2,1-2H3,(H,17,19,20). The number of halogens is 3. The quantitative estimate of drug-likeness (QED) is 0.945. The first-order valence-electron chi connectivity index (χ1n) is 6.00. The fourth-order valence-electron chi connectivity index (χ4n) is 1.57. The van der Waals surface area contributed by atoms with Gasteiger partial charge in [-0.15, -0.1) is 10.2 Å². The predicted molar refractivity (Wildman–Crippen MR) is 71.2 cm³/mol. The zero-order valence-corrected chi connectivity index (χ0v) is 12.0. The van der Waals surface area contributed by atoms with Crippen LogP contribution in [0.25, 0.3) is 0 Å². The molecule has 112 valence electrons. The van der Waals surface area contributed by atoms with Crippen LogP contribution in [-0.4, -0.2) is 21.1 Å². The van der Waals surface area contributed by atoms with E-state index < -0.39 is 17.8 Å². The maximum absolute atomic E-state index is 12.5. The molecule has 9 heteroatoms. The van der Waals surface area contributed by atoms with Crippen molar-refractivity contribution in [2.75, 3.05) is 5.32 Å². The number of hydrogen-bond donors (Lipinski definition) is 1. The van der Waals surface area contributed by atoms with E-state index >= 15 is 0 Å². The summed E-state index contributed by atoms with van der Waals surface area (Å²) < 4.78 is 37.5. The monoisotopic (exact) mass is 316 g/mol. The second-order valence-corrected chi connectivity index (χ2v) is 5.20. The topological polar surface area (TPSA) is 67.8 Å². The molecular weight excluding hydrogens is 305 g/mol. The van der Waals surface area contributed by atoms with E-state index in [1.165, 1.54) is 18.3 Å². The summed E-state index contributed by atoms with van der Waals surface area (Å²) >= 11 is 1.21. The minimum Gasteiger partial charge on any atom is -0.296 e. The number of pyridine rings is 1. The van der Waals surface area contributed by atoms with Crippen LogP contribution in [0.5, 0.6) is 0 Å². The van der Waals surface area contributed by atoms with Crippen LogP contribution in [0.2, 0.25) is 0 Å². The van der Waals surface area contributed by atoms with Gasteiger partial charge in [0.15, 0.2) is 0 Å². The van der Waals surface area contributed by atoms with Crippen molar-refractivity contribution in [1.82, 2.24) is 15.2 Å². The number of aromatic nitrogens is 3. The molecule has 0 aliphatic heterocycles. The Kier molecular flexibility index (Phi) is 4.21. The van der Waals surface area contributed by atoms with Gasteiger partial charge in [0.05, 0.1) is 11.3 Å². The van der Waals surface area contributed by atoms with Gasteiger partial charge in [-0.25, -0.2) is 4.98 Å². The maximum atomic E-state index is 12.5. The molecule has 0 bridgehead atoms. The van der Waals surface area contributed by atoms with Crippen LogP contribution in [0.3, 0.4) is 0 Å². The summed E-state index contributed by atoms with van der Waals surface area (Å²) in [5.41, 5.74) is -0.959. The fourth-order valence-corrected chi connectivity index (χ4v) is 2.24. The van der Waals surface area contributed by atoms with Crippen molar-refractivity contribution >= 4 is 22.4 Å². The summed E-state index contributed by atoms with van der Waals surface area (Å²) in [6.45, 7) is 3.25. The largest absolute Gasteiger partial charge is 0.433 e. The Balaban J connectivity index is 2.19. The lowest BCUT2D eigenvalue weighted by atomic mass is 10.1. The highest BCUT2D eigenvalue weighted by Gasteiger charge is 2.33. The second kappa shape index (κ2) is 5.76. The Hall–Kier alpha value is -2.03. The van der Waals surface area contributed by atoms with Crippen molar-refractivity contribution in [2.45, 2.75) is 26.4 Å². The summed E-state index contributed by atoms with van der Waals surface area (Å²) in [4.78, 5) is 15.4. The normalized spacial score (nSPS) is 11.5. The average Bonchev–Trinajstić information content (AvgIpc) is 2.85. The molecule has 0 spiro atoms. The second-order valence-electron chi connectivity index (χ2n) is 4.14. The van der Waals surface area contributed by atoms with Crippen LogP contribution in [-0.2, 0) is 12.6 Å². The first-order chi connectivity index (χ1) is 9.81. The summed E-state index contributed by atoms with van der Waals surface area (Å²) in [6.07, 6.45) is -3.84. The minimum absolute atomic E-state index is 0.00237. The van der Waals surface area contributed by atoms with Crippen LogP contribution >= 0.6 is 11.3 Å². The van der Waals surface area contributed by atoms with Crippen LogP contribution < -0.4 is 5.32 Å². The van der Waals surface area contributed by atoms with Crippen molar-refractivity contribution in [2.24, 2.45) is 0 Å². The summed E-state index contributed by atoms with van der Waals surface area (Å²) in [5.74, 6) is -0.562. The number of nitrogens with zero attached hydrogens (tertiary/aromatic N) is 3. The number of hydrogen-bond acceptors (Lipinski definition) is 5. The van der Waals surface area contributed by atoms with E-state index in [0.29, 0.717) is 11.6 Å². The molecule has 5 nitrogen and oxygen atoms in total. The van der Waals surface area contributed by atoms with E-state index in [2.05, 4.69) is 20.5 Å². The lowest BCUT2D eigenvalue weighted by Gasteiger charge is -2.09. The first-order valence-corrected chi connectivity index (χ1v) is 6.81. The van der Waals surface area contributed by atoms with E-state index in [4.69, 9.17) is 0 Å². The van der Waals surface area contributed by atoms with Gasteiger partial charge in [-0.2, -0.15) is 13.2 Å². The van der Waals surface area contributed by atoms with Gasteiger partial charge >= 0.3 is 6.18 Å². The molecular formula is C12H11F3N4OS. The Bertz CT molecular complexity index is 669. The molecule has 1 N–H and O–H groups in total. The third-order valence-electron chi connectivity index (χ3n) is 2.61. The van der Waals surface area contributed by atoms with E-state index in [9.17, 15) is 18.0 Å². The van der Waals surface area contributed by atoms with Gasteiger partial charge in [0, 0.05) is 0 Å². The molecule has 0 atom stereocenters. The van der Waals surface area contributed by atoms with E-state index in [1.54, 1.807) is 0 Å². The number of carbonyl (C=O) groups excluding carboxylic acids is 1. The number of aryl methyl sites for hydroxylation is 2. The predicted octanol–water partition coefficient (Wildman–Crippen LogP) is 3.08. The Labute approximate surface area is 122 Å². The summed E-state index contributed by atoms with van der Waals surface area (Å²) in [6, 6.07) is 1.88. The smallest absolute Gasteiger partial charge is 0.296 e. The lowest BCUT2D eigenvalue weighted by Crippen LogP contribution is -2.16. The van der Waals surface area contributed by atoms with Crippen LogP contribution in [0.4, 0.5) is 18.3 Å². The molecule has 0 saturated carbocycles. The fraction of sp³-hybridized carbons (Fsp3) is 0.333. The van der Waals surface area contributed by atoms with Gasteiger partial charge in [-0.1, -0.05) is 18.3 Å². The molecule has 2 aromatic rings. The molecule has 0 saturated heterocycles. The van der Waals surface area contributed by atoms with E-state index in [-0.39, 0.29) is 11.3 Å². The molecule has 0 radical (unpaired) electrons. The van der Waals surface area contributed by atoms with Crippen LogP contribution in [0, 0.1) is 6.92 Å². The number of anilines is 1. The zero-order valence-electron chi connectivity index (χ0n) is 11.2. The summed E-state index contributed by atoms with van der Waals surface area (Å²) in [5, 5.41) is 11.2. The van der Waals surface area contributed by atoms with Crippen molar-refractivity contribution in [1.29, 1.82) is 0 Å². The Morgan fingerprint density at radius 2 is 2.05 bits per heavy atom. The molecule has 0 aromatic carbocycles. The van der Waals surface area contributed by atoms with Gasteiger partial charge in [0.1, 0.15) is 10.7 Å². The SMILES string of the molecule is CCc1nnc(NC(=O)c2ccc(C(F)(F)F)nc2C)s1. The summed E-state index contributed by atoms with van der Waals surface area (Å²) in [7, 11) is 0. The first kappa shape index (κ1) is 15.4. The minimum atomic E-state index is -4.53. The number of carbonyl (C=O) groups is 1. The van der Waals surface area contributed by atoms with E-state index in [0.717, 1.165) is 17.1 Å². The number of alkyl halides is 3. The molecule has 2 heterocycles. The Morgan fingerprint density at radius 1 is 1.33 bits per heavy atom. The van der Waals surface area contributed by atoms with E-state index in [1.807, 2.05) is 6.92 Å². The maximum Gasteiger partial charge on any atom is 0.433 e. The highest BCUT2D eigenvalue weighted by atomic mass is 32.1.